The largest absolute Gasteiger partial charge is 0.480 e. The number of carbonyl (C=O) groups is 3. The molecule has 1 saturated heterocycles. The topological polar surface area (TPSA) is 138 Å². The van der Waals surface area contributed by atoms with E-state index in [0.29, 0.717) is 64.6 Å². The molecule has 3 N–H and O–H groups in total. The van der Waals surface area contributed by atoms with E-state index in [1.54, 1.807) is 20.8 Å². The van der Waals surface area contributed by atoms with E-state index in [1.165, 1.54) is 6.07 Å². The van der Waals surface area contributed by atoms with Gasteiger partial charge in [-0.15, -0.1) is 0 Å². The molecule has 2 rings (SSSR count). The van der Waals surface area contributed by atoms with Crippen molar-refractivity contribution in [2.75, 3.05) is 72.0 Å². The lowest BCUT2D eigenvalue weighted by Gasteiger charge is -2.33. The normalized spacial score (nSPS) is 18.5. The zero-order valence-corrected chi connectivity index (χ0v) is 17.9. The summed E-state index contributed by atoms with van der Waals surface area (Å²) in [5, 5.41) is 27.7. The molecule has 0 saturated carbocycles. The lowest BCUT2D eigenvalue weighted by molar-refractivity contribution is -0.140. The van der Waals surface area contributed by atoms with Gasteiger partial charge in [0.05, 0.1) is 31.5 Å². The predicted octanol–water partition coefficient (Wildman–Crippen LogP) is -0.804. The third kappa shape index (κ3) is 10.1. The molecule has 1 aliphatic rings. The van der Waals surface area contributed by atoms with Gasteiger partial charge in [-0.05, 0) is 12.1 Å². The zero-order chi connectivity index (χ0) is 23.5. The van der Waals surface area contributed by atoms with Crippen LogP contribution in [-0.4, -0.2) is 130 Å². The summed E-state index contributed by atoms with van der Waals surface area (Å²) in [5.41, 5.74) is 0.653. The lowest BCUT2D eigenvalue weighted by Crippen LogP contribution is -2.48. The highest BCUT2D eigenvalue weighted by molar-refractivity contribution is 5.69. The van der Waals surface area contributed by atoms with Crippen LogP contribution in [0.5, 0.6) is 0 Å². The number of pyridine rings is 1. The monoisotopic (exact) mass is 455 g/mol. The summed E-state index contributed by atoms with van der Waals surface area (Å²) < 4.78 is 13.2. The zero-order valence-electron chi connectivity index (χ0n) is 17.9. The predicted molar refractivity (Wildman–Crippen MR) is 112 cm³/mol. The number of aliphatic carboxylic acids is 3. The number of halogens is 1. The number of hydrogen-bond acceptors (Lipinski definition) is 8. The Labute approximate surface area is 185 Å². The standard InChI is InChI=1S/C20H30FN5O6/c21-16-1-2-17(22-11-16)12-23-3-5-24(13-18(27)28)7-9-26(15-20(31)32)10-8-25(6-4-23)14-19(29)30/h1-2,11H,3-10,12-15H2,(H,27,28)(H,29,30)(H,31,32). The number of carboxylic acid groups (broad SMARTS) is 3. The van der Waals surface area contributed by atoms with Gasteiger partial charge in [0.2, 0.25) is 0 Å². The smallest absolute Gasteiger partial charge is 0.317 e. The molecule has 0 aliphatic carbocycles. The highest BCUT2D eigenvalue weighted by Gasteiger charge is 2.20. The Hall–Kier alpha value is -2.67. The molecule has 1 fully saturated rings. The second-order valence-electron chi connectivity index (χ2n) is 7.75. The number of hydrogen-bond donors (Lipinski definition) is 3. The average molecular weight is 455 g/mol. The fourth-order valence-electron chi connectivity index (χ4n) is 3.51. The van der Waals surface area contributed by atoms with Gasteiger partial charge in [0, 0.05) is 58.9 Å². The number of rotatable bonds is 8. The van der Waals surface area contributed by atoms with Gasteiger partial charge >= 0.3 is 17.9 Å². The van der Waals surface area contributed by atoms with E-state index in [1.807, 2.05) is 4.90 Å². The maximum absolute atomic E-state index is 13.2. The molecule has 1 aliphatic heterocycles. The first kappa shape index (κ1) is 25.6. The van der Waals surface area contributed by atoms with Crippen LogP contribution in [-0.2, 0) is 20.9 Å². The van der Waals surface area contributed by atoms with Crippen molar-refractivity contribution in [1.82, 2.24) is 24.6 Å². The highest BCUT2D eigenvalue weighted by Crippen LogP contribution is 2.06. The lowest BCUT2D eigenvalue weighted by atomic mass is 10.3. The summed E-state index contributed by atoms with van der Waals surface area (Å²) in [6.07, 6.45) is 1.14. The molecule has 0 unspecified atom stereocenters. The Bertz CT molecular complexity index is 733. The van der Waals surface area contributed by atoms with Crippen LogP contribution in [0.3, 0.4) is 0 Å². The van der Waals surface area contributed by atoms with Crippen LogP contribution in [0, 0.1) is 5.82 Å². The van der Waals surface area contributed by atoms with Gasteiger partial charge in [-0.25, -0.2) is 4.39 Å². The van der Waals surface area contributed by atoms with Crippen molar-refractivity contribution in [2.45, 2.75) is 6.54 Å². The van der Waals surface area contributed by atoms with E-state index in [2.05, 4.69) is 4.98 Å². The Morgan fingerprint density at radius 1 is 0.719 bits per heavy atom. The van der Waals surface area contributed by atoms with Crippen LogP contribution < -0.4 is 0 Å². The van der Waals surface area contributed by atoms with Gasteiger partial charge < -0.3 is 15.3 Å². The molecule has 1 aromatic heterocycles. The van der Waals surface area contributed by atoms with Gasteiger partial charge in [0.25, 0.3) is 0 Å². The van der Waals surface area contributed by atoms with Crippen molar-refractivity contribution in [1.29, 1.82) is 0 Å². The molecular weight excluding hydrogens is 425 g/mol. The van der Waals surface area contributed by atoms with E-state index in [9.17, 15) is 34.1 Å². The van der Waals surface area contributed by atoms with Gasteiger partial charge in [0.15, 0.2) is 0 Å². The molecule has 0 radical (unpaired) electrons. The Morgan fingerprint density at radius 3 is 1.41 bits per heavy atom. The van der Waals surface area contributed by atoms with Gasteiger partial charge in [-0.3, -0.25) is 39.0 Å². The summed E-state index contributed by atoms with van der Waals surface area (Å²) >= 11 is 0. The molecule has 178 valence electrons. The Morgan fingerprint density at radius 2 is 1.09 bits per heavy atom. The van der Waals surface area contributed by atoms with Crippen LogP contribution in [0.2, 0.25) is 0 Å². The first-order valence-electron chi connectivity index (χ1n) is 10.4. The Balaban J connectivity index is 2.15. The van der Waals surface area contributed by atoms with Crippen molar-refractivity contribution in [3.63, 3.8) is 0 Å². The first-order chi connectivity index (χ1) is 15.2. The molecule has 0 spiro atoms. The second-order valence-corrected chi connectivity index (χ2v) is 7.75. The number of carboxylic acids is 3. The van der Waals surface area contributed by atoms with E-state index < -0.39 is 23.7 Å². The molecule has 32 heavy (non-hydrogen) atoms. The van der Waals surface area contributed by atoms with Gasteiger partial charge in [0.1, 0.15) is 5.82 Å². The molecule has 2 heterocycles. The fraction of sp³-hybridized carbons (Fsp3) is 0.600. The molecular formula is C20H30FN5O6. The summed E-state index contributed by atoms with van der Waals surface area (Å²) in [6, 6.07) is 2.91. The molecule has 1 aromatic rings. The third-order valence-electron chi connectivity index (χ3n) is 5.18. The molecule has 0 atom stereocenters. The van der Waals surface area contributed by atoms with Crippen LogP contribution in [0.4, 0.5) is 4.39 Å². The fourth-order valence-corrected chi connectivity index (χ4v) is 3.51. The Kier molecular flexibility index (Phi) is 10.4. The molecule has 0 amide bonds. The third-order valence-corrected chi connectivity index (χ3v) is 5.18. The minimum absolute atomic E-state index is 0.172. The molecule has 12 heteroatoms. The molecule has 0 aromatic carbocycles. The first-order valence-corrected chi connectivity index (χ1v) is 10.4. The van der Waals surface area contributed by atoms with Crippen molar-refractivity contribution >= 4 is 17.9 Å². The van der Waals surface area contributed by atoms with Crippen LogP contribution in [0.25, 0.3) is 0 Å². The van der Waals surface area contributed by atoms with Crippen molar-refractivity contribution < 1.29 is 34.1 Å². The van der Waals surface area contributed by atoms with Crippen LogP contribution in [0.1, 0.15) is 5.69 Å². The van der Waals surface area contributed by atoms with E-state index in [0.717, 1.165) is 6.20 Å². The van der Waals surface area contributed by atoms with E-state index >= 15 is 0 Å². The van der Waals surface area contributed by atoms with Gasteiger partial charge in [-0.1, -0.05) is 0 Å². The highest BCUT2D eigenvalue weighted by atomic mass is 19.1. The SMILES string of the molecule is O=C(O)CN1CCN(CC(=O)O)CCN(Cc2ccc(F)cn2)CCN(CC(=O)O)CC1. The minimum atomic E-state index is -0.996. The van der Waals surface area contributed by atoms with Crippen molar-refractivity contribution in [3.8, 4) is 0 Å². The van der Waals surface area contributed by atoms with Crippen molar-refractivity contribution in [3.05, 3.63) is 29.8 Å². The van der Waals surface area contributed by atoms with E-state index in [4.69, 9.17) is 0 Å². The average Bonchev–Trinajstić information content (AvgIpc) is 2.70. The molecule has 0 bridgehead atoms. The molecule has 11 nitrogen and oxygen atoms in total. The second kappa shape index (κ2) is 13.0. The summed E-state index contributed by atoms with van der Waals surface area (Å²) in [6.45, 7) is 3.11. The minimum Gasteiger partial charge on any atom is -0.480 e. The maximum Gasteiger partial charge on any atom is 0.317 e. The number of aromatic nitrogens is 1. The van der Waals surface area contributed by atoms with Crippen molar-refractivity contribution in [2.24, 2.45) is 0 Å². The summed E-state index contributed by atoms with van der Waals surface area (Å²) in [7, 11) is 0. The number of nitrogens with zero attached hydrogens (tertiary/aromatic N) is 5. The quantitative estimate of drug-likeness (QED) is 0.454. The summed E-state index contributed by atoms with van der Waals surface area (Å²) in [4.78, 5) is 45.1. The summed E-state index contributed by atoms with van der Waals surface area (Å²) in [5.74, 6) is -3.37. The van der Waals surface area contributed by atoms with Gasteiger partial charge in [-0.2, -0.15) is 0 Å². The van der Waals surface area contributed by atoms with Crippen LogP contribution >= 0.6 is 0 Å². The maximum atomic E-state index is 13.2. The van der Waals surface area contributed by atoms with E-state index in [-0.39, 0.29) is 19.6 Å². The van der Waals surface area contributed by atoms with Crippen LogP contribution in [0.15, 0.2) is 18.3 Å².